The van der Waals surface area contributed by atoms with Gasteiger partial charge in [-0.25, -0.2) is 0 Å². The van der Waals surface area contributed by atoms with E-state index in [2.05, 4.69) is 5.32 Å². The zero-order valence-electron chi connectivity index (χ0n) is 14.3. The van der Waals surface area contributed by atoms with Crippen LogP contribution in [0.1, 0.15) is 43.6 Å². The molecule has 124 valence electrons. The molecule has 0 aliphatic carbocycles. The van der Waals surface area contributed by atoms with Crippen molar-refractivity contribution in [2.45, 2.75) is 38.9 Å². The first-order valence-electron chi connectivity index (χ1n) is 7.66. The van der Waals surface area contributed by atoms with E-state index in [0.717, 1.165) is 17.3 Å². The first kappa shape index (κ1) is 18.2. The van der Waals surface area contributed by atoms with Gasteiger partial charge in [-0.3, -0.25) is 4.79 Å². The Morgan fingerprint density at radius 2 is 1.87 bits per heavy atom. The fourth-order valence-corrected chi connectivity index (χ4v) is 2.63. The summed E-state index contributed by atoms with van der Waals surface area (Å²) in [5, 5.41) is 3.56. The molecule has 23 heavy (non-hydrogen) atoms. The van der Waals surface area contributed by atoms with E-state index in [1.165, 1.54) is 0 Å². The van der Waals surface area contributed by atoms with Gasteiger partial charge in [-0.2, -0.15) is 0 Å². The molecule has 1 aromatic carbocycles. The molecule has 0 saturated carbocycles. The summed E-state index contributed by atoms with van der Waals surface area (Å²) in [6, 6.07) is 5.38. The van der Waals surface area contributed by atoms with Gasteiger partial charge >= 0.3 is 7.12 Å². The summed E-state index contributed by atoms with van der Waals surface area (Å²) in [6.07, 6.45) is 2.68. The molecule has 6 heteroatoms. The third kappa shape index (κ3) is 3.69. The molecule has 1 saturated heterocycles. The molecule has 0 aromatic heterocycles. The molecule has 0 amide bonds. The van der Waals surface area contributed by atoms with Crippen LogP contribution in [0.2, 0.25) is 5.02 Å². The minimum atomic E-state index is -0.467. The molecule has 2 rings (SSSR count). The summed E-state index contributed by atoms with van der Waals surface area (Å²) in [7, 11) is 1.39. The highest BCUT2D eigenvalue weighted by atomic mass is 35.5. The number of rotatable bonds is 5. The van der Waals surface area contributed by atoms with Gasteiger partial charge in [-0.05, 0) is 51.8 Å². The van der Waals surface area contributed by atoms with Gasteiger partial charge in [-0.15, -0.1) is 0 Å². The van der Waals surface area contributed by atoms with Crippen molar-refractivity contribution in [3.63, 3.8) is 0 Å². The van der Waals surface area contributed by atoms with Gasteiger partial charge in [0.05, 0.1) is 16.2 Å². The van der Waals surface area contributed by atoms with Crippen molar-refractivity contribution in [1.29, 1.82) is 0 Å². The fraction of sp³-hybridized carbons (Fsp3) is 0.471. The molecule has 0 spiro atoms. The largest absolute Gasteiger partial charge is 0.491 e. The molecule has 0 radical (unpaired) electrons. The summed E-state index contributed by atoms with van der Waals surface area (Å²) in [5.74, 6) is 0. The van der Waals surface area contributed by atoms with Crippen LogP contribution in [0.4, 0.5) is 0 Å². The van der Waals surface area contributed by atoms with E-state index >= 15 is 0 Å². The number of hydrogen-bond donors (Lipinski definition) is 1. The van der Waals surface area contributed by atoms with Crippen molar-refractivity contribution < 1.29 is 14.1 Å². The number of nitrogens with one attached hydrogen (secondary N) is 1. The van der Waals surface area contributed by atoms with Crippen LogP contribution in [0.5, 0.6) is 0 Å². The number of benzene rings is 1. The molecule has 1 heterocycles. The van der Waals surface area contributed by atoms with Gasteiger partial charge in [-0.1, -0.05) is 29.8 Å². The van der Waals surface area contributed by atoms with Gasteiger partial charge in [0.25, 0.3) is 0 Å². The third-order valence-corrected chi connectivity index (χ3v) is 4.81. The predicted octanol–water partition coefficient (Wildman–Crippen LogP) is 3.39. The van der Waals surface area contributed by atoms with E-state index in [0.29, 0.717) is 17.1 Å². The number of carbonyl (C=O) groups excluding carboxylic acids is 1. The van der Waals surface area contributed by atoms with Crippen molar-refractivity contribution in [3.05, 3.63) is 39.8 Å². The van der Waals surface area contributed by atoms with Crippen molar-refractivity contribution in [3.8, 4) is 0 Å². The lowest BCUT2D eigenvalue weighted by molar-refractivity contribution is 0.00578. The van der Waals surface area contributed by atoms with Crippen LogP contribution in [0.3, 0.4) is 0 Å². The Kier molecular flexibility index (Phi) is 5.36. The molecule has 1 aromatic rings. The van der Waals surface area contributed by atoms with Crippen LogP contribution in [-0.4, -0.2) is 38.2 Å². The summed E-state index contributed by atoms with van der Waals surface area (Å²) in [5.41, 5.74) is 1.32. The van der Waals surface area contributed by atoms with Crippen LogP contribution in [0, 0.1) is 0 Å². The van der Waals surface area contributed by atoms with E-state index in [9.17, 15) is 4.79 Å². The van der Waals surface area contributed by atoms with E-state index in [-0.39, 0.29) is 0 Å². The monoisotopic (exact) mass is 335 g/mol. The molecular weight excluding hydrogens is 312 g/mol. The molecule has 1 fully saturated rings. The summed E-state index contributed by atoms with van der Waals surface area (Å²) in [6.45, 7) is 8.64. The van der Waals surface area contributed by atoms with E-state index in [4.69, 9.17) is 20.9 Å². The SMILES string of the molecule is CNCC(=Cc1cccc(Cl)c1C=O)B1OC(C)(C)C(C)(C)O1. The van der Waals surface area contributed by atoms with Gasteiger partial charge < -0.3 is 14.6 Å². The summed E-state index contributed by atoms with van der Waals surface area (Å²) in [4.78, 5) is 11.3. The second kappa shape index (κ2) is 6.77. The number of carbonyl (C=O) groups is 1. The standard InChI is InChI=1S/C17H23BClNO3/c1-16(2)17(3,4)23-18(22-16)13(10-20-5)9-12-7-6-8-15(19)14(12)11-21/h6-9,11,20H,10H2,1-5H3. The number of aldehydes is 1. The number of halogens is 1. The quantitative estimate of drug-likeness (QED) is 0.662. The highest BCUT2D eigenvalue weighted by Gasteiger charge is 2.52. The van der Waals surface area contributed by atoms with Gasteiger partial charge in [0, 0.05) is 12.1 Å². The van der Waals surface area contributed by atoms with E-state index in [1.54, 1.807) is 6.07 Å². The Balaban J connectivity index is 2.40. The Bertz CT molecular complexity index is 612. The molecule has 1 aliphatic heterocycles. The Labute approximate surface area is 143 Å². The number of likely N-dealkylation sites (N-methyl/N-ethyl adjacent to an activating group) is 1. The average Bonchev–Trinajstić information content (AvgIpc) is 2.67. The van der Waals surface area contributed by atoms with Crippen molar-refractivity contribution in [2.24, 2.45) is 0 Å². The highest BCUT2D eigenvalue weighted by molar-refractivity contribution is 6.56. The van der Waals surface area contributed by atoms with Crippen LogP contribution in [-0.2, 0) is 9.31 Å². The number of hydrogen-bond acceptors (Lipinski definition) is 4. The fourth-order valence-electron chi connectivity index (χ4n) is 2.40. The summed E-state index contributed by atoms with van der Waals surface area (Å²) < 4.78 is 12.2. The smallest absolute Gasteiger partial charge is 0.400 e. The maximum atomic E-state index is 11.3. The Morgan fingerprint density at radius 1 is 1.26 bits per heavy atom. The first-order chi connectivity index (χ1) is 10.7. The normalized spacial score (nSPS) is 19.9. The average molecular weight is 336 g/mol. The second-order valence-electron chi connectivity index (χ2n) is 6.70. The minimum absolute atomic E-state index is 0.410. The van der Waals surface area contributed by atoms with Crippen molar-refractivity contribution in [2.75, 3.05) is 13.6 Å². The molecule has 4 nitrogen and oxygen atoms in total. The maximum Gasteiger partial charge on any atom is 0.491 e. The van der Waals surface area contributed by atoms with Crippen molar-refractivity contribution in [1.82, 2.24) is 5.32 Å². The summed E-state index contributed by atoms with van der Waals surface area (Å²) >= 11 is 6.10. The minimum Gasteiger partial charge on any atom is -0.400 e. The lowest BCUT2D eigenvalue weighted by Crippen LogP contribution is -2.41. The first-order valence-corrected chi connectivity index (χ1v) is 8.04. The van der Waals surface area contributed by atoms with Gasteiger partial charge in [0.15, 0.2) is 6.29 Å². The van der Waals surface area contributed by atoms with Crippen LogP contribution in [0.15, 0.2) is 23.7 Å². The van der Waals surface area contributed by atoms with Crippen LogP contribution >= 0.6 is 11.6 Å². The van der Waals surface area contributed by atoms with E-state index < -0.39 is 18.3 Å². The Hall–Kier alpha value is -1.14. The van der Waals surface area contributed by atoms with E-state index in [1.807, 2.05) is 53.0 Å². The third-order valence-electron chi connectivity index (χ3n) is 4.48. The highest BCUT2D eigenvalue weighted by Crippen LogP contribution is 2.38. The predicted molar refractivity (Wildman–Crippen MR) is 94.8 cm³/mol. The Morgan fingerprint density at radius 3 is 2.39 bits per heavy atom. The lowest BCUT2D eigenvalue weighted by atomic mass is 9.76. The van der Waals surface area contributed by atoms with Gasteiger partial charge in [0.2, 0.25) is 0 Å². The lowest BCUT2D eigenvalue weighted by Gasteiger charge is -2.32. The molecule has 1 N–H and O–H groups in total. The molecule has 1 aliphatic rings. The van der Waals surface area contributed by atoms with Crippen LogP contribution in [0.25, 0.3) is 6.08 Å². The molecular formula is C17H23BClNO3. The van der Waals surface area contributed by atoms with Crippen molar-refractivity contribution >= 4 is 31.1 Å². The molecule has 0 unspecified atom stereocenters. The molecule has 0 atom stereocenters. The van der Waals surface area contributed by atoms with Crippen LogP contribution < -0.4 is 5.32 Å². The molecule has 0 bridgehead atoms. The van der Waals surface area contributed by atoms with Gasteiger partial charge in [0.1, 0.15) is 0 Å². The zero-order chi connectivity index (χ0) is 17.3. The zero-order valence-corrected chi connectivity index (χ0v) is 15.0. The topological polar surface area (TPSA) is 47.6 Å². The maximum absolute atomic E-state index is 11.3. The second-order valence-corrected chi connectivity index (χ2v) is 7.11.